The number of pyridine rings is 1. The molecule has 1 aromatic rings. The largest absolute Gasteiger partial charge is 0.375 e. The van der Waals surface area contributed by atoms with Crippen LogP contribution >= 0.6 is 0 Å². The van der Waals surface area contributed by atoms with Gasteiger partial charge in [0.25, 0.3) is 5.91 Å². The zero-order valence-corrected chi connectivity index (χ0v) is 16.1. The molecule has 2 heterocycles. The molecule has 5 rings (SSSR count). The molecular weight excluding hydrogens is 344 g/mol. The molecule has 4 fully saturated rings. The SMILES string of the molecule is COC1(C)CN(C(=O)C23CCC(Nc4ncccc4C(N)=O)(CC2)CC3)C1. The van der Waals surface area contributed by atoms with Crippen LogP contribution in [0.4, 0.5) is 5.82 Å². The number of aromatic nitrogens is 1. The molecule has 0 aromatic carbocycles. The molecule has 0 atom stereocenters. The van der Waals surface area contributed by atoms with E-state index < -0.39 is 5.91 Å². The van der Waals surface area contributed by atoms with Gasteiger partial charge in [-0.1, -0.05) is 0 Å². The lowest BCUT2D eigenvalue weighted by Gasteiger charge is -2.56. The van der Waals surface area contributed by atoms with Gasteiger partial charge in [0, 0.05) is 24.3 Å². The average Bonchev–Trinajstić information content (AvgIpc) is 2.66. The Bertz CT molecular complexity index is 748. The van der Waals surface area contributed by atoms with E-state index in [-0.39, 0.29) is 16.6 Å². The van der Waals surface area contributed by atoms with Crippen LogP contribution in [0.15, 0.2) is 18.3 Å². The molecule has 1 aliphatic heterocycles. The number of carbonyl (C=O) groups excluding carboxylic acids is 2. The van der Waals surface area contributed by atoms with Gasteiger partial charge < -0.3 is 20.7 Å². The summed E-state index contributed by atoms with van der Waals surface area (Å²) >= 11 is 0. The molecule has 0 spiro atoms. The monoisotopic (exact) mass is 372 g/mol. The van der Waals surface area contributed by atoms with Crippen molar-refractivity contribution >= 4 is 17.6 Å². The van der Waals surface area contributed by atoms with Crippen molar-refractivity contribution in [2.75, 3.05) is 25.5 Å². The number of rotatable bonds is 5. The second-order valence-corrected chi connectivity index (χ2v) is 8.76. The maximum atomic E-state index is 13.1. The number of hydrogen-bond donors (Lipinski definition) is 2. The Morgan fingerprint density at radius 1 is 1.19 bits per heavy atom. The lowest BCUT2D eigenvalue weighted by Crippen LogP contribution is -2.67. The smallest absolute Gasteiger partial charge is 0.252 e. The third-order valence-electron chi connectivity index (χ3n) is 6.99. The van der Waals surface area contributed by atoms with Crippen molar-refractivity contribution in [1.29, 1.82) is 0 Å². The molecule has 4 aliphatic rings. The first kappa shape index (κ1) is 18.2. The molecule has 27 heavy (non-hydrogen) atoms. The lowest BCUT2D eigenvalue weighted by molar-refractivity contribution is -0.173. The third-order valence-corrected chi connectivity index (χ3v) is 6.99. The quantitative estimate of drug-likeness (QED) is 0.823. The maximum absolute atomic E-state index is 13.1. The molecule has 7 heteroatoms. The predicted octanol–water partition coefficient (Wildman–Crippen LogP) is 1.93. The minimum atomic E-state index is -0.475. The highest BCUT2D eigenvalue weighted by Gasteiger charge is 2.56. The number of ether oxygens (including phenoxy) is 1. The van der Waals surface area contributed by atoms with Gasteiger partial charge in [-0.25, -0.2) is 4.98 Å². The maximum Gasteiger partial charge on any atom is 0.252 e. The third kappa shape index (κ3) is 2.98. The fraction of sp³-hybridized carbons (Fsp3) is 0.650. The Hall–Kier alpha value is -2.15. The molecule has 2 bridgehead atoms. The highest BCUT2D eigenvalue weighted by Crippen LogP contribution is 2.54. The van der Waals surface area contributed by atoms with Gasteiger partial charge in [-0.2, -0.15) is 0 Å². The van der Waals surface area contributed by atoms with Crippen molar-refractivity contribution in [1.82, 2.24) is 9.88 Å². The van der Waals surface area contributed by atoms with Crippen LogP contribution in [-0.2, 0) is 9.53 Å². The summed E-state index contributed by atoms with van der Waals surface area (Å²) in [6.45, 7) is 3.42. The minimum absolute atomic E-state index is 0.101. The van der Waals surface area contributed by atoms with Crippen LogP contribution in [-0.4, -0.2) is 53.0 Å². The van der Waals surface area contributed by atoms with Crippen LogP contribution in [0.1, 0.15) is 55.8 Å². The van der Waals surface area contributed by atoms with Crippen LogP contribution < -0.4 is 11.1 Å². The number of primary amides is 1. The summed E-state index contributed by atoms with van der Waals surface area (Å²) < 4.78 is 5.48. The molecule has 3 saturated carbocycles. The first-order valence-corrected chi connectivity index (χ1v) is 9.68. The molecule has 2 amide bonds. The van der Waals surface area contributed by atoms with E-state index in [0.717, 1.165) is 38.5 Å². The van der Waals surface area contributed by atoms with Crippen LogP contribution in [0.3, 0.4) is 0 Å². The van der Waals surface area contributed by atoms with Gasteiger partial charge in [0.2, 0.25) is 5.91 Å². The Labute approximate surface area is 159 Å². The number of anilines is 1. The number of hydrogen-bond acceptors (Lipinski definition) is 5. The Kier molecular flexibility index (Phi) is 4.18. The Morgan fingerprint density at radius 2 is 1.81 bits per heavy atom. The van der Waals surface area contributed by atoms with Crippen molar-refractivity contribution in [2.45, 2.75) is 56.6 Å². The molecule has 3 N–H and O–H groups in total. The van der Waals surface area contributed by atoms with Gasteiger partial charge in [0.05, 0.1) is 24.3 Å². The Balaban J connectivity index is 1.44. The summed E-state index contributed by atoms with van der Waals surface area (Å²) in [5.41, 5.74) is 5.39. The fourth-order valence-electron chi connectivity index (χ4n) is 5.02. The van der Waals surface area contributed by atoms with Crippen LogP contribution in [0.25, 0.3) is 0 Å². The number of nitrogens with one attached hydrogen (secondary N) is 1. The summed E-state index contributed by atoms with van der Waals surface area (Å²) in [7, 11) is 1.71. The second-order valence-electron chi connectivity index (χ2n) is 8.76. The number of nitrogens with two attached hydrogens (primary N) is 1. The highest BCUT2D eigenvalue weighted by molar-refractivity contribution is 5.97. The van der Waals surface area contributed by atoms with E-state index in [0.29, 0.717) is 30.4 Å². The van der Waals surface area contributed by atoms with Crippen LogP contribution in [0.2, 0.25) is 0 Å². The molecule has 3 aliphatic carbocycles. The summed E-state index contributed by atoms with van der Waals surface area (Å²) in [6, 6.07) is 3.42. The minimum Gasteiger partial charge on any atom is -0.375 e. The average molecular weight is 372 g/mol. The van der Waals surface area contributed by atoms with Crippen molar-refractivity contribution in [3.05, 3.63) is 23.9 Å². The highest BCUT2D eigenvalue weighted by atomic mass is 16.5. The number of likely N-dealkylation sites (tertiary alicyclic amines) is 1. The molecule has 0 unspecified atom stereocenters. The van der Waals surface area contributed by atoms with Gasteiger partial charge in [-0.15, -0.1) is 0 Å². The second kappa shape index (κ2) is 6.19. The summed E-state index contributed by atoms with van der Waals surface area (Å²) in [5.74, 6) is 0.377. The number of fused-ring (bicyclic) bond motifs is 3. The zero-order chi connectivity index (χ0) is 19.3. The number of methoxy groups -OCH3 is 1. The molecule has 0 radical (unpaired) electrons. The van der Waals surface area contributed by atoms with E-state index in [9.17, 15) is 9.59 Å². The van der Waals surface area contributed by atoms with Gasteiger partial charge in [0.15, 0.2) is 0 Å². The molecule has 1 aromatic heterocycles. The van der Waals surface area contributed by atoms with Crippen molar-refractivity contribution in [3.63, 3.8) is 0 Å². The van der Waals surface area contributed by atoms with Crippen molar-refractivity contribution < 1.29 is 14.3 Å². The van der Waals surface area contributed by atoms with E-state index in [1.54, 1.807) is 25.4 Å². The van der Waals surface area contributed by atoms with Gasteiger partial charge >= 0.3 is 0 Å². The van der Waals surface area contributed by atoms with Gasteiger partial charge in [0.1, 0.15) is 5.82 Å². The summed E-state index contributed by atoms with van der Waals surface area (Å²) in [4.78, 5) is 31.1. The van der Waals surface area contributed by atoms with E-state index in [1.165, 1.54) is 0 Å². The van der Waals surface area contributed by atoms with Crippen LogP contribution in [0, 0.1) is 5.41 Å². The number of amides is 2. The van der Waals surface area contributed by atoms with E-state index in [4.69, 9.17) is 10.5 Å². The van der Waals surface area contributed by atoms with Gasteiger partial charge in [-0.3, -0.25) is 9.59 Å². The normalized spacial score (nSPS) is 31.3. The van der Waals surface area contributed by atoms with E-state index in [2.05, 4.69) is 10.3 Å². The molecule has 7 nitrogen and oxygen atoms in total. The zero-order valence-electron chi connectivity index (χ0n) is 16.1. The molecule has 1 saturated heterocycles. The van der Waals surface area contributed by atoms with E-state index in [1.807, 2.05) is 11.8 Å². The van der Waals surface area contributed by atoms with Crippen molar-refractivity contribution in [2.24, 2.45) is 11.1 Å². The van der Waals surface area contributed by atoms with Gasteiger partial charge in [-0.05, 0) is 57.6 Å². The first-order valence-electron chi connectivity index (χ1n) is 9.68. The summed E-state index contributed by atoms with van der Waals surface area (Å²) in [6.07, 6.45) is 7.00. The lowest BCUT2D eigenvalue weighted by atomic mass is 9.56. The first-order chi connectivity index (χ1) is 12.8. The Morgan fingerprint density at radius 3 is 2.37 bits per heavy atom. The standard InChI is InChI=1S/C20H28N4O3/c1-18(27-2)12-24(13-18)17(26)19-5-8-20(9-6-19,10-7-19)23-16-14(15(21)25)4-3-11-22-16/h3-4,11H,5-10,12-13H2,1-2H3,(H2,21,25)(H,22,23). The fourth-order valence-corrected chi connectivity index (χ4v) is 5.02. The topological polar surface area (TPSA) is 97.6 Å². The molecular formula is C20H28N4O3. The van der Waals surface area contributed by atoms with Crippen molar-refractivity contribution in [3.8, 4) is 0 Å². The van der Waals surface area contributed by atoms with Crippen LogP contribution in [0.5, 0.6) is 0 Å². The number of carbonyl (C=O) groups is 2. The van der Waals surface area contributed by atoms with E-state index >= 15 is 0 Å². The number of nitrogens with zero attached hydrogens (tertiary/aromatic N) is 2. The molecule has 146 valence electrons. The predicted molar refractivity (Wildman–Crippen MR) is 101 cm³/mol. The summed E-state index contributed by atoms with van der Waals surface area (Å²) in [5, 5.41) is 3.51.